The van der Waals surface area contributed by atoms with E-state index < -0.39 is 0 Å². The third-order valence-corrected chi connectivity index (χ3v) is 2.41. The molecule has 0 bridgehead atoms. The molecule has 4 heteroatoms. The maximum Gasteiger partial charge on any atom is 0.129 e. The molecule has 2 aromatic heterocycles. The molecule has 2 heterocycles. The van der Waals surface area contributed by atoms with Crippen molar-refractivity contribution in [1.82, 2.24) is 14.8 Å². The highest BCUT2D eigenvalue weighted by Gasteiger charge is 2.05. The Kier molecular flexibility index (Phi) is 3.19. The molecular weight excluding hydrogens is 200 g/mol. The molecule has 0 aromatic carbocycles. The Labute approximate surface area is 95.3 Å². The zero-order valence-corrected chi connectivity index (χ0v) is 9.59. The van der Waals surface area contributed by atoms with Gasteiger partial charge in [-0.25, -0.2) is 4.98 Å². The van der Waals surface area contributed by atoms with Gasteiger partial charge < -0.3 is 5.32 Å². The van der Waals surface area contributed by atoms with Crippen LogP contribution in [-0.2, 0) is 6.54 Å². The zero-order valence-electron chi connectivity index (χ0n) is 9.59. The first kappa shape index (κ1) is 10.7. The van der Waals surface area contributed by atoms with Crippen LogP contribution in [0.15, 0.2) is 36.8 Å². The van der Waals surface area contributed by atoms with Crippen molar-refractivity contribution in [2.45, 2.75) is 26.4 Å². The Morgan fingerprint density at radius 1 is 1.38 bits per heavy atom. The molecule has 16 heavy (non-hydrogen) atoms. The first-order valence-electron chi connectivity index (χ1n) is 5.41. The van der Waals surface area contributed by atoms with Crippen molar-refractivity contribution in [2.24, 2.45) is 0 Å². The number of pyridine rings is 1. The zero-order chi connectivity index (χ0) is 11.4. The van der Waals surface area contributed by atoms with Gasteiger partial charge in [-0.05, 0) is 31.5 Å². The lowest BCUT2D eigenvalue weighted by atomic mass is 10.2. The van der Waals surface area contributed by atoms with Crippen LogP contribution in [0, 0.1) is 6.92 Å². The summed E-state index contributed by atoms with van der Waals surface area (Å²) in [5.74, 6) is 0.946. The number of rotatable bonds is 4. The van der Waals surface area contributed by atoms with Crippen molar-refractivity contribution in [3.63, 3.8) is 0 Å². The Hall–Kier alpha value is -1.84. The van der Waals surface area contributed by atoms with Crippen LogP contribution in [-0.4, -0.2) is 20.8 Å². The third kappa shape index (κ3) is 2.59. The number of hydrogen-bond donors (Lipinski definition) is 1. The quantitative estimate of drug-likeness (QED) is 0.851. The van der Waals surface area contributed by atoms with Gasteiger partial charge in [0.25, 0.3) is 0 Å². The number of aromatic nitrogens is 3. The smallest absolute Gasteiger partial charge is 0.129 e. The Morgan fingerprint density at radius 3 is 2.94 bits per heavy atom. The van der Waals surface area contributed by atoms with Crippen molar-refractivity contribution in [2.75, 3.05) is 5.32 Å². The van der Waals surface area contributed by atoms with E-state index in [-0.39, 0.29) is 0 Å². The van der Waals surface area contributed by atoms with E-state index in [1.165, 1.54) is 0 Å². The molecule has 0 fully saturated rings. The van der Waals surface area contributed by atoms with E-state index in [2.05, 4.69) is 35.3 Å². The summed E-state index contributed by atoms with van der Waals surface area (Å²) in [6.07, 6.45) is 5.55. The van der Waals surface area contributed by atoms with E-state index in [9.17, 15) is 0 Å². The van der Waals surface area contributed by atoms with Crippen LogP contribution in [0.25, 0.3) is 0 Å². The fraction of sp³-hybridized carbons (Fsp3) is 0.333. The van der Waals surface area contributed by atoms with Crippen molar-refractivity contribution in [3.8, 4) is 0 Å². The largest absolute Gasteiger partial charge is 0.366 e. The molecule has 84 valence electrons. The summed E-state index contributed by atoms with van der Waals surface area (Å²) in [7, 11) is 0. The molecule has 2 rings (SSSR count). The second kappa shape index (κ2) is 4.79. The monoisotopic (exact) mass is 216 g/mol. The lowest BCUT2D eigenvalue weighted by molar-refractivity contribution is 0.559. The predicted octanol–water partition coefficient (Wildman–Crippen LogP) is 2.09. The van der Waals surface area contributed by atoms with Gasteiger partial charge in [0.1, 0.15) is 5.82 Å². The minimum Gasteiger partial charge on any atom is -0.366 e. The van der Waals surface area contributed by atoms with Crippen LogP contribution < -0.4 is 5.32 Å². The van der Waals surface area contributed by atoms with E-state index >= 15 is 0 Å². The Bertz CT molecular complexity index is 436. The van der Waals surface area contributed by atoms with Gasteiger partial charge in [0.2, 0.25) is 0 Å². The summed E-state index contributed by atoms with van der Waals surface area (Å²) >= 11 is 0. The number of aryl methyl sites for hydroxylation is 1. The van der Waals surface area contributed by atoms with Gasteiger partial charge in [-0.1, -0.05) is 6.07 Å². The van der Waals surface area contributed by atoms with Crippen LogP contribution >= 0.6 is 0 Å². The van der Waals surface area contributed by atoms with E-state index in [1.54, 1.807) is 12.4 Å². The lowest BCUT2D eigenvalue weighted by Crippen LogP contribution is -2.23. The SMILES string of the molecule is Cc1cccnc1NC(C)Cn1cccn1. The van der Waals surface area contributed by atoms with Crippen LogP contribution in [0.1, 0.15) is 12.5 Å². The highest BCUT2D eigenvalue weighted by Crippen LogP contribution is 2.10. The minimum atomic E-state index is 0.300. The molecule has 0 spiro atoms. The van der Waals surface area contributed by atoms with E-state index in [4.69, 9.17) is 0 Å². The molecular formula is C12H16N4. The minimum absolute atomic E-state index is 0.300. The first-order valence-corrected chi connectivity index (χ1v) is 5.41. The summed E-state index contributed by atoms with van der Waals surface area (Å²) in [4.78, 5) is 4.31. The average molecular weight is 216 g/mol. The molecule has 1 atom stereocenters. The fourth-order valence-corrected chi connectivity index (χ4v) is 1.60. The van der Waals surface area contributed by atoms with Crippen LogP contribution in [0.3, 0.4) is 0 Å². The summed E-state index contributed by atoms with van der Waals surface area (Å²) in [6.45, 7) is 5.01. The maximum atomic E-state index is 4.31. The summed E-state index contributed by atoms with van der Waals surface area (Å²) in [5, 5.41) is 7.55. The third-order valence-electron chi connectivity index (χ3n) is 2.41. The van der Waals surface area contributed by atoms with Gasteiger partial charge in [-0.2, -0.15) is 5.10 Å². The molecule has 1 unspecified atom stereocenters. The van der Waals surface area contributed by atoms with Gasteiger partial charge in [0.15, 0.2) is 0 Å². The maximum absolute atomic E-state index is 4.31. The summed E-state index contributed by atoms with van der Waals surface area (Å²) in [5.41, 5.74) is 1.16. The highest BCUT2D eigenvalue weighted by molar-refractivity contribution is 5.43. The van der Waals surface area contributed by atoms with E-state index in [0.717, 1.165) is 17.9 Å². The molecule has 0 aliphatic heterocycles. The topological polar surface area (TPSA) is 42.7 Å². The van der Waals surface area contributed by atoms with Crippen molar-refractivity contribution in [3.05, 3.63) is 42.4 Å². The molecule has 0 radical (unpaired) electrons. The second-order valence-electron chi connectivity index (χ2n) is 3.94. The number of nitrogens with one attached hydrogen (secondary N) is 1. The van der Waals surface area contributed by atoms with Crippen LogP contribution in [0.5, 0.6) is 0 Å². The molecule has 0 aliphatic carbocycles. The Balaban J connectivity index is 1.97. The molecule has 0 amide bonds. The highest BCUT2D eigenvalue weighted by atomic mass is 15.3. The lowest BCUT2D eigenvalue weighted by Gasteiger charge is -2.15. The molecule has 0 aliphatic rings. The second-order valence-corrected chi connectivity index (χ2v) is 3.94. The number of hydrogen-bond acceptors (Lipinski definition) is 3. The number of nitrogens with zero attached hydrogens (tertiary/aromatic N) is 3. The van der Waals surface area contributed by atoms with Gasteiger partial charge in [-0.3, -0.25) is 4.68 Å². The van der Waals surface area contributed by atoms with Crippen LogP contribution in [0.4, 0.5) is 5.82 Å². The van der Waals surface area contributed by atoms with Gasteiger partial charge in [-0.15, -0.1) is 0 Å². The summed E-state index contributed by atoms with van der Waals surface area (Å²) < 4.78 is 1.91. The average Bonchev–Trinajstić information content (AvgIpc) is 2.74. The molecule has 4 nitrogen and oxygen atoms in total. The van der Waals surface area contributed by atoms with Gasteiger partial charge in [0, 0.05) is 24.6 Å². The van der Waals surface area contributed by atoms with Crippen molar-refractivity contribution >= 4 is 5.82 Å². The normalized spacial score (nSPS) is 12.4. The first-order chi connectivity index (χ1) is 7.75. The van der Waals surface area contributed by atoms with E-state index in [0.29, 0.717) is 6.04 Å². The van der Waals surface area contributed by atoms with Gasteiger partial charge >= 0.3 is 0 Å². The van der Waals surface area contributed by atoms with Crippen LogP contribution in [0.2, 0.25) is 0 Å². The molecule has 2 aromatic rings. The Morgan fingerprint density at radius 2 is 2.25 bits per heavy atom. The molecule has 1 N–H and O–H groups in total. The van der Waals surface area contributed by atoms with Crippen molar-refractivity contribution < 1.29 is 0 Å². The van der Waals surface area contributed by atoms with Crippen molar-refractivity contribution in [1.29, 1.82) is 0 Å². The summed E-state index contributed by atoms with van der Waals surface area (Å²) in [6, 6.07) is 6.22. The van der Waals surface area contributed by atoms with E-state index in [1.807, 2.05) is 23.0 Å². The molecule has 0 saturated carbocycles. The fourth-order valence-electron chi connectivity index (χ4n) is 1.60. The predicted molar refractivity (Wildman–Crippen MR) is 64.3 cm³/mol. The number of anilines is 1. The standard InChI is InChI=1S/C12H16N4/c1-10-5-3-6-13-12(10)15-11(2)9-16-8-4-7-14-16/h3-8,11H,9H2,1-2H3,(H,13,15). The molecule has 0 saturated heterocycles. The van der Waals surface area contributed by atoms with Gasteiger partial charge in [0.05, 0.1) is 6.54 Å².